The second-order valence-corrected chi connectivity index (χ2v) is 7.04. The molecular weight excluding hydrogens is 292 g/mol. The molecule has 21 heavy (non-hydrogen) atoms. The zero-order chi connectivity index (χ0) is 15.6. The number of hydrogen-bond donors (Lipinski definition) is 1. The summed E-state index contributed by atoms with van der Waals surface area (Å²) in [4.78, 5) is 24.3. The summed E-state index contributed by atoms with van der Waals surface area (Å²) in [6.07, 6.45) is 0.363. The Morgan fingerprint density at radius 3 is 2.43 bits per heavy atom. The molecule has 0 bridgehead atoms. The van der Waals surface area contributed by atoms with Gasteiger partial charge in [-0.25, -0.2) is 13.1 Å². The predicted molar refractivity (Wildman–Crippen MR) is 77.4 cm³/mol. The van der Waals surface area contributed by atoms with E-state index in [4.69, 9.17) is 0 Å². The number of sulfonamides is 1. The van der Waals surface area contributed by atoms with Crippen molar-refractivity contribution in [3.05, 3.63) is 29.8 Å². The highest BCUT2D eigenvalue weighted by Gasteiger charge is 2.28. The van der Waals surface area contributed by atoms with E-state index in [-0.39, 0.29) is 29.0 Å². The first kappa shape index (κ1) is 15.7. The van der Waals surface area contributed by atoms with Crippen LogP contribution in [0.1, 0.15) is 23.7 Å². The molecule has 1 atom stereocenters. The maximum atomic E-state index is 12.1. The fourth-order valence-corrected chi connectivity index (χ4v) is 3.39. The first-order valence-electron chi connectivity index (χ1n) is 6.64. The molecule has 1 N–H and O–H groups in total. The number of likely N-dealkylation sites (tertiary alicyclic amines) is 1. The van der Waals surface area contributed by atoms with Crippen LogP contribution in [-0.4, -0.2) is 45.1 Å². The van der Waals surface area contributed by atoms with Crippen LogP contribution in [-0.2, 0) is 14.8 Å². The van der Waals surface area contributed by atoms with Crippen molar-refractivity contribution in [1.82, 2.24) is 9.62 Å². The van der Waals surface area contributed by atoms with Crippen molar-refractivity contribution in [3.8, 4) is 0 Å². The van der Waals surface area contributed by atoms with Crippen molar-refractivity contribution in [2.75, 3.05) is 20.1 Å². The van der Waals surface area contributed by atoms with E-state index in [0.717, 1.165) is 0 Å². The van der Waals surface area contributed by atoms with Gasteiger partial charge in [0, 0.05) is 32.1 Å². The zero-order valence-corrected chi connectivity index (χ0v) is 12.8. The molecule has 0 saturated carbocycles. The first-order valence-corrected chi connectivity index (χ1v) is 8.12. The number of benzene rings is 1. The third-order valence-electron chi connectivity index (χ3n) is 3.55. The summed E-state index contributed by atoms with van der Waals surface area (Å²) >= 11 is 0. The number of hydrogen-bond acceptors (Lipinski definition) is 4. The average Bonchev–Trinajstić information content (AvgIpc) is 2.76. The molecule has 1 aromatic rings. The van der Waals surface area contributed by atoms with Crippen LogP contribution in [0.3, 0.4) is 0 Å². The number of ketones is 1. The summed E-state index contributed by atoms with van der Waals surface area (Å²) in [6, 6.07) is 5.80. The van der Waals surface area contributed by atoms with Crippen molar-refractivity contribution < 1.29 is 18.0 Å². The van der Waals surface area contributed by atoms with Crippen LogP contribution in [0.25, 0.3) is 0 Å². The number of nitrogens with zero attached hydrogens (tertiary/aromatic N) is 1. The first-order chi connectivity index (χ1) is 9.79. The maximum absolute atomic E-state index is 12.1. The van der Waals surface area contributed by atoms with Crippen LogP contribution < -0.4 is 4.72 Å². The molecule has 7 heteroatoms. The minimum Gasteiger partial charge on any atom is -0.345 e. The van der Waals surface area contributed by atoms with E-state index in [9.17, 15) is 18.0 Å². The number of nitrogens with one attached hydrogen (secondary N) is 1. The molecule has 1 fully saturated rings. The van der Waals surface area contributed by atoms with Gasteiger partial charge in [0.1, 0.15) is 0 Å². The minimum absolute atomic E-state index is 0.00577. The maximum Gasteiger partial charge on any atom is 0.240 e. The molecule has 1 saturated heterocycles. The molecule has 0 radical (unpaired) electrons. The van der Waals surface area contributed by atoms with Crippen molar-refractivity contribution in [3.63, 3.8) is 0 Å². The third kappa shape index (κ3) is 3.68. The molecule has 114 valence electrons. The molecule has 2 rings (SSSR count). The van der Waals surface area contributed by atoms with Gasteiger partial charge in [0.05, 0.1) is 4.90 Å². The largest absolute Gasteiger partial charge is 0.345 e. The lowest BCUT2D eigenvalue weighted by atomic mass is 10.1. The monoisotopic (exact) mass is 310 g/mol. The quantitative estimate of drug-likeness (QED) is 0.809. The molecule has 0 aliphatic carbocycles. The van der Waals surface area contributed by atoms with Crippen LogP contribution in [0.15, 0.2) is 29.2 Å². The van der Waals surface area contributed by atoms with Gasteiger partial charge in [-0.2, -0.15) is 0 Å². The number of rotatable bonds is 5. The van der Waals surface area contributed by atoms with E-state index < -0.39 is 10.0 Å². The fraction of sp³-hybridized carbons (Fsp3) is 0.429. The fourth-order valence-electron chi connectivity index (χ4n) is 2.27. The molecule has 1 heterocycles. The normalized spacial score (nSPS) is 19.0. The standard InChI is InChI=1S/C14H18N2O4S/c1-10(17)12-3-5-13(6-4-12)21(19,20)15-8-11-7-14(18)16(2)9-11/h3-6,11,15H,7-9H2,1-2H3. The summed E-state index contributed by atoms with van der Waals surface area (Å²) in [5.41, 5.74) is 0.469. The summed E-state index contributed by atoms with van der Waals surface area (Å²) in [6.45, 7) is 2.22. The Hall–Kier alpha value is -1.73. The van der Waals surface area contributed by atoms with Gasteiger partial charge in [-0.3, -0.25) is 9.59 Å². The highest BCUT2D eigenvalue weighted by Crippen LogP contribution is 2.16. The molecular formula is C14H18N2O4S. The molecule has 1 aliphatic heterocycles. The Morgan fingerprint density at radius 2 is 1.95 bits per heavy atom. The Bertz CT molecular complexity index is 652. The lowest BCUT2D eigenvalue weighted by Gasteiger charge is -2.12. The van der Waals surface area contributed by atoms with E-state index in [1.54, 1.807) is 11.9 Å². The summed E-state index contributed by atoms with van der Waals surface area (Å²) in [7, 11) is -1.91. The third-order valence-corrected chi connectivity index (χ3v) is 4.99. The van der Waals surface area contributed by atoms with E-state index in [1.807, 2.05) is 0 Å². The minimum atomic E-state index is -3.62. The van der Waals surface area contributed by atoms with E-state index in [2.05, 4.69) is 4.72 Å². The summed E-state index contributed by atoms with van der Waals surface area (Å²) in [5, 5.41) is 0. The molecule has 1 aromatic carbocycles. The van der Waals surface area contributed by atoms with Crippen LogP contribution in [0, 0.1) is 5.92 Å². The molecule has 0 spiro atoms. The summed E-state index contributed by atoms with van der Waals surface area (Å²) in [5.74, 6) is -0.0850. The van der Waals surface area contributed by atoms with Crippen molar-refractivity contribution in [1.29, 1.82) is 0 Å². The van der Waals surface area contributed by atoms with Crippen LogP contribution >= 0.6 is 0 Å². The van der Waals surface area contributed by atoms with Crippen LogP contribution in [0.2, 0.25) is 0 Å². The molecule has 1 unspecified atom stereocenters. The van der Waals surface area contributed by atoms with Crippen LogP contribution in [0.5, 0.6) is 0 Å². The van der Waals surface area contributed by atoms with Gasteiger partial charge in [0.15, 0.2) is 5.78 Å². The van der Waals surface area contributed by atoms with Gasteiger partial charge < -0.3 is 4.90 Å². The number of carbonyl (C=O) groups is 2. The lowest BCUT2D eigenvalue weighted by Crippen LogP contribution is -2.30. The second-order valence-electron chi connectivity index (χ2n) is 5.28. The van der Waals surface area contributed by atoms with E-state index in [0.29, 0.717) is 18.5 Å². The number of carbonyl (C=O) groups excluding carboxylic acids is 2. The topological polar surface area (TPSA) is 83.5 Å². The smallest absolute Gasteiger partial charge is 0.240 e. The van der Waals surface area contributed by atoms with Crippen molar-refractivity contribution >= 4 is 21.7 Å². The van der Waals surface area contributed by atoms with Crippen molar-refractivity contribution in [2.45, 2.75) is 18.2 Å². The van der Waals surface area contributed by atoms with Gasteiger partial charge in [-0.1, -0.05) is 12.1 Å². The molecule has 1 aliphatic rings. The van der Waals surface area contributed by atoms with E-state index >= 15 is 0 Å². The van der Waals surface area contributed by atoms with Gasteiger partial charge in [0.25, 0.3) is 0 Å². The average molecular weight is 310 g/mol. The summed E-state index contributed by atoms with van der Waals surface area (Å²) < 4.78 is 26.8. The molecule has 6 nitrogen and oxygen atoms in total. The van der Waals surface area contributed by atoms with Gasteiger partial charge in [0.2, 0.25) is 15.9 Å². The number of amides is 1. The highest BCUT2D eigenvalue weighted by molar-refractivity contribution is 7.89. The zero-order valence-electron chi connectivity index (χ0n) is 12.0. The Morgan fingerprint density at radius 1 is 1.33 bits per heavy atom. The predicted octanol–water partition coefficient (Wildman–Crippen LogP) is 0.646. The molecule has 1 amide bonds. The Kier molecular flexibility index (Phi) is 4.43. The molecule has 0 aromatic heterocycles. The van der Waals surface area contributed by atoms with Crippen LogP contribution in [0.4, 0.5) is 0 Å². The SMILES string of the molecule is CC(=O)c1ccc(S(=O)(=O)NCC2CC(=O)N(C)C2)cc1. The lowest BCUT2D eigenvalue weighted by molar-refractivity contribution is -0.126. The van der Waals surface area contributed by atoms with Crippen molar-refractivity contribution in [2.24, 2.45) is 5.92 Å². The van der Waals surface area contributed by atoms with Gasteiger partial charge in [-0.05, 0) is 25.0 Å². The van der Waals surface area contributed by atoms with Gasteiger partial charge in [-0.15, -0.1) is 0 Å². The second kappa shape index (κ2) is 5.95. The Labute approximate surface area is 124 Å². The van der Waals surface area contributed by atoms with E-state index in [1.165, 1.54) is 31.2 Å². The highest BCUT2D eigenvalue weighted by atomic mass is 32.2. The Balaban J connectivity index is 2.01. The van der Waals surface area contributed by atoms with Gasteiger partial charge >= 0.3 is 0 Å². The number of Topliss-reactive ketones (excluding diaryl/α,β-unsaturated/α-hetero) is 1.